The predicted molar refractivity (Wildman–Crippen MR) is 70.6 cm³/mol. The van der Waals surface area contributed by atoms with Gasteiger partial charge in [0.2, 0.25) is 0 Å². The molecule has 0 saturated heterocycles. The maximum Gasteiger partial charge on any atom is 0.0994 e. The Hall–Kier alpha value is -0.900. The lowest BCUT2D eigenvalue weighted by Gasteiger charge is -2.19. The van der Waals surface area contributed by atoms with Gasteiger partial charge in [-0.05, 0) is 31.6 Å². The number of rotatable bonds is 6. The molecule has 0 amide bonds. The van der Waals surface area contributed by atoms with Crippen LogP contribution >= 0.6 is 0 Å². The molecule has 98 valence electrons. The molecule has 0 aromatic carbocycles. The summed E-state index contributed by atoms with van der Waals surface area (Å²) in [6.45, 7) is 11.6. The van der Waals surface area contributed by atoms with E-state index in [-0.39, 0.29) is 0 Å². The fourth-order valence-corrected chi connectivity index (χ4v) is 1.80. The lowest BCUT2D eigenvalue weighted by atomic mass is 10.0. The molecule has 17 heavy (non-hydrogen) atoms. The van der Waals surface area contributed by atoms with E-state index in [0.29, 0.717) is 24.4 Å². The van der Waals surface area contributed by atoms with Gasteiger partial charge in [-0.2, -0.15) is 0 Å². The molecular formula is C13H26N4. The highest BCUT2D eigenvalue weighted by Gasteiger charge is 2.18. The molecular weight excluding hydrogens is 212 g/mol. The van der Waals surface area contributed by atoms with E-state index in [0.717, 1.165) is 18.5 Å². The quantitative estimate of drug-likeness (QED) is 0.828. The van der Waals surface area contributed by atoms with E-state index < -0.39 is 0 Å². The van der Waals surface area contributed by atoms with Crippen LogP contribution in [0.1, 0.15) is 58.5 Å². The zero-order valence-corrected chi connectivity index (χ0v) is 11.8. The Morgan fingerprint density at radius 3 is 2.29 bits per heavy atom. The molecule has 0 bridgehead atoms. The van der Waals surface area contributed by atoms with Crippen molar-refractivity contribution in [1.29, 1.82) is 0 Å². The molecule has 0 spiro atoms. The summed E-state index contributed by atoms with van der Waals surface area (Å²) in [6, 6.07) is 0.380. The van der Waals surface area contributed by atoms with Gasteiger partial charge in [-0.3, -0.25) is 0 Å². The van der Waals surface area contributed by atoms with Crippen molar-refractivity contribution in [3.05, 3.63) is 11.4 Å². The Bertz CT molecular complexity index is 341. The molecule has 4 nitrogen and oxygen atoms in total. The highest BCUT2D eigenvalue weighted by molar-refractivity contribution is 5.11. The zero-order valence-electron chi connectivity index (χ0n) is 11.8. The Morgan fingerprint density at radius 2 is 1.82 bits per heavy atom. The number of nitrogens with two attached hydrogens (primary N) is 1. The van der Waals surface area contributed by atoms with Crippen molar-refractivity contribution < 1.29 is 0 Å². The second kappa shape index (κ2) is 6.15. The van der Waals surface area contributed by atoms with E-state index in [1.54, 1.807) is 0 Å². The molecule has 1 aromatic rings. The lowest BCUT2D eigenvalue weighted by Crippen LogP contribution is -2.17. The first-order valence-corrected chi connectivity index (χ1v) is 6.60. The first-order valence-electron chi connectivity index (χ1n) is 6.60. The van der Waals surface area contributed by atoms with Crippen molar-refractivity contribution in [1.82, 2.24) is 15.0 Å². The van der Waals surface area contributed by atoms with Gasteiger partial charge in [0, 0.05) is 6.54 Å². The van der Waals surface area contributed by atoms with Gasteiger partial charge in [0.25, 0.3) is 0 Å². The predicted octanol–water partition coefficient (Wildman–Crippen LogP) is 2.54. The first kappa shape index (κ1) is 14.2. The van der Waals surface area contributed by atoms with Crippen LogP contribution in [0.25, 0.3) is 0 Å². The van der Waals surface area contributed by atoms with Crippen LogP contribution < -0.4 is 5.73 Å². The Balaban J connectivity index is 2.93. The van der Waals surface area contributed by atoms with E-state index in [1.807, 2.05) is 0 Å². The maximum atomic E-state index is 5.73. The van der Waals surface area contributed by atoms with E-state index in [9.17, 15) is 0 Å². The van der Waals surface area contributed by atoms with Crippen molar-refractivity contribution in [2.45, 2.75) is 60.0 Å². The summed E-state index contributed by atoms with van der Waals surface area (Å²) < 4.78 is 2.06. The highest BCUT2D eigenvalue weighted by Crippen LogP contribution is 2.21. The third kappa shape index (κ3) is 3.53. The summed E-state index contributed by atoms with van der Waals surface area (Å²) >= 11 is 0. The molecule has 4 heteroatoms. The molecule has 0 aliphatic heterocycles. The third-order valence-corrected chi connectivity index (χ3v) is 3.37. The van der Waals surface area contributed by atoms with Gasteiger partial charge < -0.3 is 5.73 Å². The van der Waals surface area contributed by atoms with Crippen LogP contribution in [0.3, 0.4) is 0 Å². The van der Waals surface area contributed by atoms with Gasteiger partial charge in [-0.1, -0.05) is 32.9 Å². The van der Waals surface area contributed by atoms with Crippen molar-refractivity contribution >= 4 is 0 Å². The second-order valence-electron chi connectivity index (χ2n) is 5.55. The fraction of sp³-hybridized carbons (Fsp3) is 0.846. The van der Waals surface area contributed by atoms with Gasteiger partial charge in [0.1, 0.15) is 0 Å². The van der Waals surface area contributed by atoms with E-state index in [1.165, 1.54) is 5.69 Å². The van der Waals surface area contributed by atoms with Crippen LogP contribution in [0.4, 0.5) is 0 Å². The summed E-state index contributed by atoms with van der Waals surface area (Å²) in [5.41, 5.74) is 7.91. The van der Waals surface area contributed by atoms with Gasteiger partial charge in [-0.25, -0.2) is 4.68 Å². The first-order chi connectivity index (χ1) is 7.97. The minimum atomic E-state index is 0.380. The van der Waals surface area contributed by atoms with Crippen LogP contribution in [-0.2, 0) is 13.0 Å². The van der Waals surface area contributed by atoms with E-state index in [2.05, 4.69) is 49.6 Å². The molecule has 1 rings (SSSR count). The summed E-state index contributed by atoms with van der Waals surface area (Å²) in [6.07, 6.45) is 2.18. The van der Waals surface area contributed by atoms with Gasteiger partial charge >= 0.3 is 0 Å². The molecule has 0 radical (unpaired) electrons. The third-order valence-electron chi connectivity index (χ3n) is 3.37. The monoisotopic (exact) mass is 238 g/mol. The van der Waals surface area contributed by atoms with E-state index >= 15 is 0 Å². The standard InChI is InChI=1S/C13H26N4/c1-9(2)6-7-13-12(8-14)15-16-17(13)11(5)10(3)4/h9-11H,6-8,14H2,1-5H3. The molecule has 0 aliphatic rings. The smallest absolute Gasteiger partial charge is 0.0994 e. The number of hydrogen-bond acceptors (Lipinski definition) is 3. The van der Waals surface area contributed by atoms with Crippen molar-refractivity contribution in [2.75, 3.05) is 0 Å². The highest BCUT2D eigenvalue weighted by atomic mass is 15.4. The molecule has 1 unspecified atom stereocenters. The summed E-state index contributed by atoms with van der Waals surface area (Å²) in [5, 5.41) is 8.48. The molecule has 1 atom stereocenters. The van der Waals surface area contributed by atoms with E-state index in [4.69, 9.17) is 5.73 Å². The number of nitrogens with zero attached hydrogens (tertiary/aromatic N) is 3. The van der Waals surface area contributed by atoms with Gasteiger partial charge in [0.05, 0.1) is 17.4 Å². The van der Waals surface area contributed by atoms with Gasteiger partial charge in [0.15, 0.2) is 0 Å². The summed E-state index contributed by atoms with van der Waals surface area (Å²) in [5.74, 6) is 1.25. The van der Waals surface area contributed by atoms with Crippen LogP contribution in [0.15, 0.2) is 0 Å². The summed E-state index contributed by atoms with van der Waals surface area (Å²) in [4.78, 5) is 0. The van der Waals surface area contributed by atoms with Crippen molar-refractivity contribution in [2.24, 2.45) is 17.6 Å². The Kier molecular flexibility index (Phi) is 5.12. The molecule has 1 aromatic heterocycles. The Morgan fingerprint density at radius 1 is 1.18 bits per heavy atom. The topological polar surface area (TPSA) is 56.7 Å². The molecule has 0 saturated carbocycles. The molecule has 1 heterocycles. The SMILES string of the molecule is CC(C)CCc1c(CN)nnn1C(C)C(C)C. The van der Waals surface area contributed by atoms with Gasteiger partial charge in [-0.15, -0.1) is 5.10 Å². The minimum Gasteiger partial charge on any atom is -0.325 e. The summed E-state index contributed by atoms with van der Waals surface area (Å²) in [7, 11) is 0. The number of hydrogen-bond donors (Lipinski definition) is 1. The molecule has 2 N–H and O–H groups in total. The lowest BCUT2D eigenvalue weighted by molar-refractivity contribution is 0.355. The zero-order chi connectivity index (χ0) is 13.0. The van der Waals surface area contributed by atoms with Crippen molar-refractivity contribution in [3.8, 4) is 0 Å². The number of aromatic nitrogens is 3. The second-order valence-corrected chi connectivity index (χ2v) is 5.55. The normalized spacial score (nSPS) is 13.6. The average molecular weight is 238 g/mol. The maximum absolute atomic E-state index is 5.73. The molecule has 0 aliphatic carbocycles. The van der Waals surface area contributed by atoms with Crippen LogP contribution in [0.2, 0.25) is 0 Å². The van der Waals surface area contributed by atoms with Crippen molar-refractivity contribution in [3.63, 3.8) is 0 Å². The Labute approximate surface area is 105 Å². The minimum absolute atomic E-state index is 0.380. The average Bonchev–Trinajstić information content (AvgIpc) is 2.67. The largest absolute Gasteiger partial charge is 0.325 e. The van der Waals surface area contributed by atoms with Crippen LogP contribution in [-0.4, -0.2) is 15.0 Å². The fourth-order valence-electron chi connectivity index (χ4n) is 1.80. The van der Waals surface area contributed by atoms with Crippen LogP contribution in [0.5, 0.6) is 0 Å². The van der Waals surface area contributed by atoms with Crippen LogP contribution in [0, 0.1) is 11.8 Å². The molecule has 0 fully saturated rings.